The summed E-state index contributed by atoms with van der Waals surface area (Å²) in [4.78, 5) is 0. The van der Waals surface area contributed by atoms with Crippen LogP contribution in [0.5, 0.6) is 0 Å². The molecule has 0 amide bonds. The van der Waals surface area contributed by atoms with E-state index in [-0.39, 0.29) is 0 Å². The zero-order chi connectivity index (χ0) is 12.0. The molecule has 2 N–H and O–H groups in total. The van der Waals surface area contributed by atoms with Gasteiger partial charge >= 0.3 is 0 Å². The molecule has 1 fully saturated rings. The van der Waals surface area contributed by atoms with E-state index in [1.54, 1.807) is 0 Å². The maximum absolute atomic E-state index is 5.97. The fourth-order valence-corrected chi connectivity index (χ4v) is 2.80. The van der Waals surface area contributed by atoms with Crippen molar-refractivity contribution >= 4 is 0 Å². The first-order chi connectivity index (χ1) is 7.62. The molecule has 0 heterocycles. The third kappa shape index (κ3) is 4.06. The van der Waals surface area contributed by atoms with E-state index in [2.05, 4.69) is 20.8 Å². The Morgan fingerprint density at radius 2 is 2.19 bits per heavy atom. The Labute approximate surface area is 101 Å². The molecule has 2 atom stereocenters. The summed E-state index contributed by atoms with van der Waals surface area (Å²) >= 11 is 0. The predicted molar refractivity (Wildman–Crippen MR) is 69.4 cm³/mol. The minimum absolute atomic E-state index is 0.400. The van der Waals surface area contributed by atoms with Crippen LogP contribution in [0.2, 0.25) is 0 Å². The summed E-state index contributed by atoms with van der Waals surface area (Å²) in [7, 11) is 0. The molecule has 0 saturated heterocycles. The number of ether oxygens (including phenoxy) is 1. The van der Waals surface area contributed by atoms with Gasteiger partial charge in [0.05, 0.1) is 0 Å². The van der Waals surface area contributed by atoms with Gasteiger partial charge in [0.15, 0.2) is 0 Å². The van der Waals surface area contributed by atoms with E-state index in [0.717, 1.165) is 32.1 Å². The largest absolute Gasteiger partial charge is 0.381 e. The van der Waals surface area contributed by atoms with Crippen LogP contribution in [0.3, 0.4) is 0 Å². The first-order valence-electron chi connectivity index (χ1n) is 6.89. The van der Waals surface area contributed by atoms with Gasteiger partial charge in [-0.2, -0.15) is 0 Å². The number of hydrogen-bond acceptors (Lipinski definition) is 2. The van der Waals surface area contributed by atoms with Crippen LogP contribution < -0.4 is 5.73 Å². The average Bonchev–Trinajstić information content (AvgIpc) is 2.69. The highest BCUT2D eigenvalue weighted by molar-refractivity contribution is 4.89. The molecule has 0 radical (unpaired) electrons. The first-order valence-corrected chi connectivity index (χ1v) is 6.89. The van der Waals surface area contributed by atoms with Crippen LogP contribution in [-0.2, 0) is 4.74 Å². The maximum Gasteiger partial charge on any atom is 0.0488 e. The molecule has 0 aromatic rings. The fraction of sp³-hybridized carbons (Fsp3) is 1.00. The van der Waals surface area contributed by atoms with Crippen LogP contribution >= 0.6 is 0 Å². The Hall–Kier alpha value is -0.0800. The standard InChI is InChI=1S/C14H29NO/c1-4-13-5-6-14(9-13,11-15)7-8-16-10-12(2)3/h12-13H,4-11,15H2,1-3H3. The van der Waals surface area contributed by atoms with Crippen molar-refractivity contribution in [2.75, 3.05) is 19.8 Å². The Morgan fingerprint density at radius 3 is 2.69 bits per heavy atom. The van der Waals surface area contributed by atoms with Gasteiger partial charge < -0.3 is 10.5 Å². The van der Waals surface area contributed by atoms with Crippen LogP contribution in [0.1, 0.15) is 52.9 Å². The van der Waals surface area contributed by atoms with Gasteiger partial charge in [0, 0.05) is 13.2 Å². The summed E-state index contributed by atoms with van der Waals surface area (Å²) in [5.74, 6) is 1.55. The molecule has 0 aliphatic heterocycles. The molecular formula is C14H29NO. The van der Waals surface area contributed by atoms with Crippen molar-refractivity contribution in [2.45, 2.75) is 52.9 Å². The van der Waals surface area contributed by atoms with Crippen LogP contribution in [0.4, 0.5) is 0 Å². The lowest BCUT2D eigenvalue weighted by Crippen LogP contribution is -2.29. The minimum Gasteiger partial charge on any atom is -0.381 e. The highest BCUT2D eigenvalue weighted by Gasteiger charge is 2.36. The van der Waals surface area contributed by atoms with E-state index in [4.69, 9.17) is 10.5 Å². The first kappa shape index (κ1) is 14.0. The quantitative estimate of drug-likeness (QED) is 0.678. The van der Waals surface area contributed by atoms with Crippen molar-refractivity contribution in [3.63, 3.8) is 0 Å². The van der Waals surface area contributed by atoms with E-state index in [1.165, 1.54) is 25.7 Å². The van der Waals surface area contributed by atoms with Gasteiger partial charge in [-0.15, -0.1) is 0 Å². The Bertz CT molecular complexity index is 193. The second-order valence-corrected chi connectivity index (χ2v) is 5.94. The minimum atomic E-state index is 0.400. The molecule has 0 bridgehead atoms. The van der Waals surface area contributed by atoms with Gasteiger partial charge in [-0.25, -0.2) is 0 Å². The molecule has 96 valence electrons. The fourth-order valence-electron chi connectivity index (χ4n) is 2.80. The predicted octanol–water partition coefficient (Wildman–Crippen LogP) is 3.20. The van der Waals surface area contributed by atoms with Crippen LogP contribution in [0.25, 0.3) is 0 Å². The van der Waals surface area contributed by atoms with Gasteiger partial charge in [-0.05, 0) is 49.5 Å². The van der Waals surface area contributed by atoms with Crippen molar-refractivity contribution in [3.05, 3.63) is 0 Å². The summed E-state index contributed by atoms with van der Waals surface area (Å²) in [6, 6.07) is 0. The molecule has 0 aromatic carbocycles. The lowest BCUT2D eigenvalue weighted by atomic mass is 9.82. The molecular weight excluding hydrogens is 198 g/mol. The summed E-state index contributed by atoms with van der Waals surface area (Å²) in [5, 5.41) is 0. The lowest BCUT2D eigenvalue weighted by Gasteiger charge is -2.27. The molecule has 2 heteroatoms. The topological polar surface area (TPSA) is 35.2 Å². The molecule has 0 spiro atoms. The highest BCUT2D eigenvalue weighted by atomic mass is 16.5. The van der Waals surface area contributed by atoms with Crippen LogP contribution in [-0.4, -0.2) is 19.8 Å². The van der Waals surface area contributed by atoms with Crippen molar-refractivity contribution in [2.24, 2.45) is 23.0 Å². The van der Waals surface area contributed by atoms with Crippen molar-refractivity contribution in [3.8, 4) is 0 Å². The van der Waals surface area contributed by atoms with E-state index >= 15 is 0 Å². The third-order valence-electron chi connectivity index (χ3n) is 4.04. The maximum atomic E-state index is 5.97. The van der Waals surface area contributed by atoms with Crippen LogP contribution in [0, 0.1) is 17.3 Å². The number of rotatable bonds is 7. The summed E-state index contributed by atoms with van der Waals surface area (Å²) in [5.41, 5.74) is 6.37. The van der Waals surface area contributed by atoms with Crippen molar-refractivity contribution < 1.29 is 4.74 Å². The van der Waals surface area contributed by atoms with E-state index in [0.29, 0.717) is 11.3 Å². The second-order valence-electron chi connectivity index (χ2n) is 5.94. The zero-order valence-electron chi connectivity index (χ0n) is 11.3. The molecule has 1 aliphatic carbocycles. The zero-order valence-corrected chi connectivity index (χ0v) is 11.3. The average molecular weight is 227 g/mol. The third-order valence-corrected chi connectivity index (χ3v) is 4.04. The molecule has 0 aromatic heterocycles. The van der Waals surface area contributed by atoms with E-state index < -0.39 is 0 Å². The monoisotopic (exact) mass is 227 g/mol. The van der Waals surface area contributed by atoms with Gasteiger partial charge in [-0.3, -0.25) is 0 Å². The van der Waals surface area contributed by atoms with Gasteiger partial charge in [0.25, 0.3) is 0 Å². The number of nitrogens with two attached hydrogens (primary N) is 1. The molecule has 1 saturated carbocycles. The Balaban J connectivity index is 2.26. The van der Waals surface area contributed by atoms with Gasteiger partial charge in [0.2, 0.25) is 0 Å². The number of hydrogen-bond donors (Lipinski definition) is 1. The highest BCUT2D eigenvalue weighted by Crippen LogP contribution is 2.44. The van der Waals surface area contributed by atoms with Gasteiger partial charge in [-0.1, -0.05) is 27.2 Å². The molecule has 16 heavy (non-hydrogen) atoms. The summed E-state index contributed by atoms with van der Waals surface area (Å²) in [6.45, 7) is 9.31. The summed E-state index contributed by atoms with van der Waals surface area (Å²) in [6.07, 6.45) is 6.48. The Morgan fingerprint density at radius 1 is 1.44 bits per heavy atom. The molecule has 2 nitrogen and oxygen atoms in total. The van der Waals surface area contributed by atoms with Crippen molar-refractivity contribution in [1.82, 2.24) is 0 Å². The summed E-state index contributed by atoms with van der Waals surface area (Å²) < 4.78 is 5.70. The lowest BCUT2D eigenvalue weighted by molar-refractivity contribution is 0.0781. The van der Waals surface area contributed by atoms with Crippen molar-refractivity contribution in [1.29, 1.82) is 0 Å². The molecule has 2 unspecified atom stereocenters. The normalized spacial score (nSPS) is 30.2. The Kier molecular flexibility index (Phi) is 5.77. The van der Waals surface area contributed by atoms with E-state index in [9.17, 15) is 0 Å². The molecule has 1 rings (SSSR count). The second kappa shape index (κ2) is 6.61. The van der Waals surface area contributed by atoms with Crippen LogP contribution in [0.15, 0.2) is 0 Å². The molecule has 1 aliphatic rings. The van der Waals surface area contributed by atoms with Gasteiger partial charge in [0.1, 0.15) is 0 Å². The smallest absolute Gasteiger partial charge is 0.0488 e. The SMILES string of the molecule is CCC1CCC(CN)(CCOCC(C)C)C1. The van der Waals surface area contributed by atoms with E-state index in [1.807, 2.05) is 0 Å².